The minimum atomic E-state index is -3.02. The summed E-state index contributed by atoms with van der Waals surface area (Å²) in [5.74, 6) is 0.273. The maximum Gasteiger partial charge on any atom is 0.213 e. The lowest BCUT2D eigenvalue weighted by atomic mass is 10.2. The summed E-state index contributed by atoms with van der Waals surface area (Å²) in [5, 5.41) is 3.34. The number of hydrogen-bond donors (Lipinski definition) is 1. The SMILES string of the molecule is CCCCCN(C)S(=O)(=O)CCCNC1CC1. The number of nitrogens with one attached hydrogen (secondary N) is 1. The van der Waals surface area contributed by atoms with E-state index in [0.717, 1.165) is 32.2 Å². The Morgan fingerprint density at radius 2 is 1.94 bits per heavy atom. The zero-order valence-corrected chi connectivity index (χ0v) is 11.9. The normalized spacial score (nSPS) is 16.6. The Labute approximate surface area is 106 Å². The van der Waals surface area contributed by atoms with Gasteiger partial charge in [-0.15, -0.1) is 0 Å². The second kappa shape index (κ2) is 7.34. The second-order valence-electron chi connectivity index (χ2n) is 4.93. The molecule has 0 amide bonds. The monoisotopic (exact) mass is 262 g/mol. The number of sulfonamides is 1. The molecular weight excluding hydrogens is 236 g/mol. The molecular formula is C12H26N2O2S. The van der Waals surface area contributed by atoms with Crippen molar-refractivity contribution in [1.82, 2.24) is 9.62 Å². The summed E-state index contributed by atoms with van der Waals surface area (Å²) in [6, 6.07) is 0.667. The topological polar surface area (TPSA) is 49.4 Å². The maximum atomic E-state index is 11.9. The second-order valence-corrected chi connectivity index (χ2v) is 7.12. The Balaban J connectivity index is 2.13. The van der Waals surface area contributed by atoms with Crippen LogP contribution in [0.2, 0.25) is 0 Å². The molecule has 0 aromatic rings. The summed E-state index contributed by atoms with van der Waals surface area (Å²) < 4.78 is 25.3. The third kappa shape index (κ3) is 6.38. The zero-order valence-electron chi connectivity index (χ0n) is 11.1. The van der Waals surface area contributed by atoms with E-state index in [4.69, 9.17) is 0 Å². The van der Waals surface area contributed by atoms with Gasteiger partial charge >= 0.3 is 0 Å². The molecule has 1 aliphatic carbocycles. The highest BCUT2D eigenvalue weighted by molar-refractivity contribution is 7.89. The molecule has 0 radical (unpaired) electrons. The fourth-order valence-electron chi connectivity index (χ4n) is 1.73. The fraction of sp³-hybridized carbons (Fsp3) is 1.00. The fourth-order valence-corrected chi connectivity index (χ4v) is 2.96. The Morgan fingerprint density at radius 1 is 1.24 bits per heavy atom. The van der Waals surface area contributed by atoms with Crippen LogP contribution >= 0.6 is 0 Å². The van der Waals surface area contributed by atoms with Crippen LogP contribution in [0, 0.1) is 0 Å². The molecule has 0 heterocycles. The van der Waals surface area contributed by atoms with Crippen molar-refractivity contribution >= 4 is 10.0 Å². The lowest BCUT2D eigenvalue weighted by Crippen LogP contribution is -2.31. The summed E-state index contributed by atoms with van der Waals surface area (Å²) in [6.07, 6.45) is 6.42. The van der Waals surface area contributed by atoms with Crippen molar-refractivity contribution < 1.29 is 8.42 Å². The molecule has 0 aromatic heterocycles. The molecule has 0 bridgehead atoms. The number of rotatable bonds is 10. The summed E-state index contributed by atoms with van der Waals surface area (Å²) >= 11 is 0. The summed E-state index contributed by atoms with van der Waals surface area (Å²) in [5.41, 5.74) is 0. The molecule has 1 rings (SSSR count). The van der Waals surface area contributed by atoms with Crippen LogP contribution in [0.25, 0.3) is 0 Å². The molecule has 1 saturated carbocycles. The Morgan fingerprint density at radius 3 is 2.53 bits per heavy atom. The Hall–Kier alpha value is -0.130. The molecule has 1 aliphatic rings. The summed E-state index contributed by atoms with van der Waals surface area (Å²) in [4.78, 5) is 0. The van der Waals surface area contributed by atoms with Gasteiger partial charge in [-0.05, 0) is 32.2 Å². The van der Waals surface area contributed by atoms with Gasteiger partial charge in [-0.1, -0.05) is 19.8 Å². The van der Waals surface area contributed by atoms with Gasteiger partial charge in [-0.3, -0.25) is 0 Å². The van der Waals surface area contributed by atoms with Crippen LogP contribution in [0.4, 0.5) is 0 Å². The van der Waals surface area contributed by atoms with Gasteiger partial charge in [0.1, 0.15) is 0 Å². The first-order chi connectivity index (χ1) is 8.06. The van der Waals surface area contributed by atoms with Crippen LogP contribution in [0.3, 0.4) is 0 Å². The lowest BCUT2D eigenvalue weighted by Gasteiger charge is -2.16. The van der Waals surface area contributed by atoms with E-state index >= 15 is 0 Å². The first-order valence-corrected chi connectivity index (χ1v) is 8.34. The quantitative estimate of drug-likeness (QED) is 0.608. The van der Waals surface area contributed by atoms with Gasteiger partial charge in [0.05, 0.1) is 5.75 Å². The van der Waals surface area contributed by atoms with Gasteiger partial charge in [0.15, 0.2) is 0 Å². The Kier molecular flexibility index (Phi) is 6.44. The third-order valence-corrected chi connectivity index (χ3v) is 5.08. The van der Waals surface area contributed by atoms with E-state index in [9.17, 15) is 8.42 Å². The molecule has 5 heteroatoms. The van der Waals surface area contributed by atoms with E-state index in [2.05, 4.69) is 12.2 Å². The van der Waals surface area contributed by atoms with Crippen LogP contribution in [0.15, 0.2) is 0 Å². The molecule has 1 fully saturated rings. The van der Waals surface area contributed by atoms with Gasteiger partial charge < -0.3 is 5.32 Å². The minimum absolute atomic E-state index is 0.273. The first-order valence-electron chi connectivity index (χ1n) is 6.73. The highest BCUT2D eigenvalue weighted by Crippen LogP contribution is 2.18. The molecule has 0 aliphatic heterocycles. The van der Waals surface area contributed by atoms with Gasteiger partial charge in [0.25, 0.3) is 0 Å². The van der Waals surface area contributed by atoms with Crippen molar-refractivity contribution in [3.63, 3.8) is 0 Å². The molecule has 0 spiro atoms. The highest BCUT2D eigenvalue weighted by Gasteiger charge is 2.21. The molecule has 0 aromatic carbocycles. The number of hydrogen-bond acceptors (Lipinski definition) is 3. The number of unbranched alkanes of at least 4 members (excludes halogenated alkanes) is 2. The van der Waals surface area contributed by atoms with E-state index in [1.807, 2.05) is 0 Å². The average molecular weight is 262 g/mol. The van der Waals surface area contributed by atoms with Gasteiger partial charge in [0, 0.05) is 19.6 Å². The smallest absolute Gasteiger partial charge is 0.213 e. The van der Waals surface area contributed by atoms with Crippen molar-refractivity contribution in [1.29, 1.82) is 0 Å². The van der Waals surface area contributed by atoms with E-state index in [1.54, 1.807) is 7.05 Å². The van der Waals surface area contributed by atoms with Crippen molar-refractivity contribution in [3.8, 4) is 0 Å². The van der Waals surface area contributed by atoms with Crippen LogP contribution in [-0.4, -0.2) is 44.7 Å². The van der Waals surface area contributed by atoms with E-state index in [-0.39, 0.29) is 5.75 Å². The van der Waals surface area contributed by atoms with Crippen molar-refractivity contribution in [2.24, 2.45) is 0 Å². The minimum Gasteiger partial charge on any atom is -0.314 e. The predicted octanol–water partition coefficient (Wildman–Crippen LogP) is 1.58. The van der Waals surface area contributed by atoms with Gasteiger partial charge in [0.2, 0.25) is 10.0 Å². The van der Waals surface area contributed by atoms with E-state index < -0.39 is 10.0 Å². The molecule has 0 saturated heterocycles. The van der Waals surface area contributed by atoms with Crippen LogP contribution in [0.1, 0.15) is 45.4 Å². The van der Waals surface area contributed by atoms with Crippen molar-refractivity contribution in [2.45, 2.75) is 51.5 Å². The van der Waals surface area contributed by atoms with E-state index in [0.29, 0.717) is 12.6 Å². The zero-order chi connectivity index (χ0) is 12.7. The number of nitrogens with zero attached hydrogens (tertiary/aromatic N) is 1. The van der Waals surface area contributed by atoms with E-state index in [1.165, 1.54) is 17.1 Å². The van der Waals surface area contributed by atoms with Crippen LogP contribution in [-0.2, 0) is 10.0 Å². The van der Waals surface area contributed by atoms with Crippen molar-refractivity contribution in [3.05, 3.63) is 0 Å². The third-order valence-electron chi connectivity index (χ3n) is 3.14. The van der Waals surface area contributed by atoms with Gasteiger partial charge in [-0.2, -0.15) is 0 Å². The maximum absolute atomic E-state index is 11.9. The van der Waals surface area contributed by atoms with Crippen molar-refractivity contribution in [2.75, 3.05) is 25.9 Å². The highest BCUT2D eigenvalue weighted by atomic mass is 32.2. The molecule has 0 atom stereocenters. The molecule has 102 valence electrons. The molecule has 1 N–H and O–H groups in total. The average Bonchev–Trinajstić information content (AvgIpc) is 3.08. The molecule has 0 unspecified atom stereocenters. The summed E-state index contributed by atoms with van der Waals surface area (Å²) in [7, 11) is -1.33. The van der Waals surface area contributed by atoms with Crippen LogP contribution in [0.5, 0.6) is 0 Å². The van der Waals surface area contributed by atoms with Crippen LogP contribution < -0.4 is 5.32 Å². The predicted molar refractivity (Wildman–Crippen MR) is 71.6 cm³/mol. The van der Waals surface area contributed by atoms with Gasteiger partial charge in [-0.25, -0.2) is 12.7 Å². The lowest BCUT2D eigenvalue weighted by molar-refractivity contribution is 0.452. The first kappa shape index (κ1) is 14.9. The molecule has 17 heavy (non-hydrogen) atoms. The summed E-state index contributed by atoms with van der Waals surface area (Å²) in [6.45, 7) is 3.61. The molecule has 4 nitrogen and oxygen atoms in total. The largest absolute Gasteiger partial charge is 0.314 e. The Bertz CT molecular complexity index is 300. The standard InChI is InChI=1S/C12H26N2O2S/c1-3-4-5-10-14(2)17(15,16)11-6-9-13-12-7-8-12/h12-13H,3-11H2,1-2H3.